The zero-order chi connectivity index (χ0) is 18.0. The zero-order valence-electron chi connectivity index (χ0n) is 12.1. The Bertz CT molecular complexity index is 880. The van der Waals surface area contributed by atoms with Gasteiger partial charge in [0.25, 0.3) is 0 Å². The van der Waals surface area contributed by atoms with Gasteiger partial charge in [-0.2, -0.15) is 18.2 Å². The molecule has 2 aromatic heterocycles. The van der Waals surface area contributed by atoms with E-state index < -0.39 is 29.5 Å². The van der Waals surface area contributed by atoms with Crippen LogP contribution in [0.2, 0.25) is 0 Å². The van der Waals surface area contributed by atoms with Crippen molar-refractivity contribution in [3.63, 3.8) is 0 Å². The van der Waals surface area contributed by atoms with E-state index in [1.54, 1.807) is 0 Å². The minimum atomic E-state index is -4.81. The van der Waals surface area contributed by atoms with Crippen LogP contribution in [0.5, 0.6) is 6.01 Å². The van der Waals surface area contributed by atoms with Crippen molar-refractivity contribution in [2.45, 2.75) is 12.8 Å². The highest BCUT2D eigenvalue weighted by molar-refractivity contribution is 5.55. The molecule has 130 valence electrons. The van der Waals surface area contributed by atoms with E-state index in [-0.39, 0.29) is 18.2 Å². The predicted octanol–water partition coefficient (Wildman–Crippen LogP) is 3.40. The summed E-state index contributed by atoms with van der Waals surface area (Å²) >= 11 is 0. The quantitative estimate of drug-likeness (QED) is 0.666. The molecule has 0 amide bonds. The Balaban J connectivity index is 1.74. The SMILES string of the molecule is Fc1cnc(OCc2ccc(-c3noc(C(F)(F)F)n3)c(F)c2)nc1. The van der Waals surface area contributed by atoms with E-state index in [0.29, 0.717) is 5.56 Å². The molecule has 11 heteroatoms. The molecule has 2 heterocycles. The van der Waals surface area contributed by atoms with Crippen LogP contribution in [0.25, 0.3) is 11.4 Å². The van der Waals surface area contributed by atoms with Crippen LogP contribution < -0.4 is 4.74 Å². The molecule has 1 aromatic carbocycles. The van der Waals surface area contributed by atoms with Crippen LogP contribution in [0.4, 0.5) is 22.0 Å². The maximum atomic E-state index is 14.1. The normalized spacial score (nSPS) is 11.6. The third kappa shape index (κ3) is 3.87. The van der Waals surface area contributed by atoms with Gasteiger partial charge >= 0.3 is 18.1 Å². The van der Waals surface area contributed by atoms with Gasteiger partial charge in [-0.05, 0) is 17.7 Å². The average Bonchev–Trinajstić information content (AvgIpc) is 3.04. The number of rotatable bonds is 4. The summed E-state index contributed by atoms with van der Waals surface area (Å²) in [5, 5.41) is 3.11. The van der Waals surface area contributed by atoms with Gasteiger partial charge in [0.1, 0.15) is 12.4 Å². The summed E-state index contributed by atoms with van der Waals surface area (Å²) in [4.78, 5) is 10.2. The highest BCUT2D eigenvalue weighted by Gasteiger charge is 2.38. The van der Waals surface area contributed by atoms with Crippen molar-refractivity contribution in [2.75, 3.05) is 0 Å². The molecule has 0 N–H and O–H groups in total. The molecule has 0 unspecified atom stereocenters. The van der Waals surface area contributed by atoms with E-state index in [9.17, 15) is 22.0 Å². The number of benzene rings is 1. The van der Waals surface area contributed by atoms with Gasteiger partial charge in [0.15, 0.2) is 5.82 Å². The molecule has 0 bridgehead atoms. The molecule has 0 saturated heterocycles. The molecule has 3 aromatic rings. The second-order valence-corrected chi connectivity index (χ2v) is 4.71. The Labute approximate surface area is 136 Å². The lowest BCUT2D eigenvalue weighted by atomic mass is 10.1. The highest BCUT2D eigenvalue weighted by Crippen LogP contribution is 2.30. The summed E-state index contributed by atoms with van der Waals surface area (Å²) in [7, 11) is 0. The highest BCUT2D eigenvalue weighted by atomic mass is 19.4. The molecule has 0 saturated carbocycles. The lowest BCUT2D eigenvalue weighted by Crippen LogP contribution is -2.05. The smallest absolute Gasteiger partial charge is 0.459 e. The van der Waals surface area contributed by atoms with Crippen molar-refractivity contribution in [1.82, 2.24) is 20.1 Å². The van der Waals surface area contributed by atoms with E-state index >= 15 is 0 Å². The fourth-order valence-electron chi connectivity index (χ4n) is 1.80. The van der Waals surface area contributed by atoms with Crippen LogP contribution >= 0.6 is 0 Å². The molecular formula is C14H7F5N4O2. The third-order valence-electron chi connectivity index (χ3n) is 2.91. The number of hydrogen-bond acceptors (Lipinski definition) is 6. The largest absolute Gasteiger partial charge is 0.471 e. The van der Waals surface area contributed by atoms with Gasteiger partial charge in [0, 0.05) is 0 Å². The maximum Gasteiger partial charge on any atom is 0.471 e. The van der Waals surface area contributed by atoms with E-state index in [1.165, 1.54) is 12.1 Å². The molecule has 0 aliphatic carbocycles. The minimum absolute atomic E-state index is 0.112. The summed E-state index contributed by atoms with van der Waals surface area (Å²) in [6.45, 7) is -0.136. The van der Waals surface area contributed by atoms with Crippen LogP contribution in [-0.2, 0) is 12.8 Å². The van der Waals surface area contributed by atoms with Gasteiger partial charge in [-0.15, -0.1) is 0 Å². The molecule has 6 nitrogen and oxygen atoms in total. The second-order valence-electron chi connectivity index (χ2n) is 4.71. The second kappa shape index (κ2) is 6.42. The first-order valence-corrected chi connectivity index (χ1v) is 6.63. The van der Waals surface area contributed by atoms with E-state index in [4.69, 9.17) is 4.74 Å². The average molecular weight is 358 g/mol. The number of aromatic nitrogens is 4. The Morgan fingerprint density at radius 1 is 1.08 bits per heavy atom. The predicted molar refractivity (Wildman–Crippen MR) is 71.0 cm³/mol. The fourth-order valence-corrected chi connectivity index (χ4v) is 1.80. The van der Waals surface area contributed by atoms with Gasteiger partial charge in [-0.3, -0.25) is 0 Å². The summed E-state index contributed by atoms with van der Waals surface area (Å²) in [5.74, 6) is -3.60. The van der Waals surface area contributed by atoms with Gasteiger partial charge in [-0.25, -0.2) is 18.7 Å². The van der Waals surface area contributed by atoms with Crippen molar-refractivity contribution in [1.29, 1.82) is 0 Å². The zero-order valence-corrected chi connectivity index (χ0v) is 12.1. The first-order valence-electron chi connectivity index (χ1n) is 6.63. The van der Waals surface area contributed by atoms with Crippen LogP contribution in [0.1, 0.15) is 11.5 Å². The van der Waals surface area contributed by atoms with Gasteiger partial charge in [0.2, 0.25) is 5.82 Å². The van der Waals surface area contributed by atoms with Crippen molar-refractivity contribution in [3.8, 4) is 17.4 Å². The molecule has 0 aliphatic heterocycles. The van der Waals surface area contributed by atoms with Crippen LogP contribution in [0, 0.1) is 11.6 Å². The molecule has 0 radical (unpaired) electrons. The first-order chi connectivity index (χ1) is 11.8. The molecule has 0 spiro atoms. The van der Waals surface area contributed by atoms with Crippen molar-refractivity contribution >= 4 is 0 Å². The number of hydrogen-bond donors (Lipinski definition) is 0. The Morgan fingerprint density at radius 3 is 2.40 bits per heavy atom. The number of alkyl halides is 3. The third-order valence-corrected chi connectivity index (χ3v) is 2.91. The van der Waals surface area contributed by atoms with Gasteiger partial charge < -0.3 is 9.26 Å². The molecule has 0 fully saturated rings. The molecule has 25 heavy (non-hydrogen) atoms. The summed E-state index contributed by atoms with van der Waals surface area (Å²) in [5.41, 5.74) is 0.0785. The Hall–Kier alpha value is -3.11. The van der Waals surface area contributed by atoms with Crippen molar-refractivity contribution in [3.05, 3.63) is 53.7 Å². The van der Waals surface area contributed by atoms with Crippen LogP contribution in [-0.4, -0.2) is 20.1 Å². The molecule has 3 rings (SSSR count). The fraction of sp³-hybridized carbons (Fsp3) is 0.143. The van der Waals surface area contributed by atoms with E-state index in [2.05, 4.69) is 24.6 Å². The lowest BCUT2D eigenvalue weighted by molar-refractivity contribution is -0.159. The summed E-state index contributed by atoms with van der Waals surface area (Å²) < 4.78 is 73.2. The van der Waals surface area contributed by atoms with Gasteiger partial charge in [0.05, 0.1) is 18.0 Å². The summed E-state index contributed by atoms with van der Waals surface area (Å²) in [6, 6.07) is 3.50. The Morgan fingerprint density at radius 2 is 1.80 bits per heavy atom. The van der Waals surface area contributed by atoms with E-state index in [1.807, 2.05) is 0 Å². The van der Waals surface area contributed by atoms with Crippen molar-refractivity contribution in [2.24, 2.45) is 0 Å². The molecule has 0 atom stereocenters. The maximum absolute atomic E-state index is 14.1. The minimum Gasteiger partial charge on any atom is -0.459 e. The monoisotopic (exact) mass is 358 g/mol. The molecule has 0 aliphatic rings. The topological polar surface area (TPSA) is 73.9 Å². The number of halogens is 5. The standard InChI is InChI=1S/C14H7F5N4O2/c15-8-4-20-13(21-5-8)24-6-7-1-2-9(10(16)3-7)11-22-12(25-23-11)14(17,18)19/h1-5H,6H2. The van der Waals surface area contributed by atoms with Crippen LogP contribution in [0.15, 0.2) is 35.1 Å². The van der Waals surface area contributed by atoms with Crippen molar-refractivity contribution < 1.29 is 31.2 Å². The van der Waals surface area contributed by atoms with Gasteiger partial charge in [-0.1, -0.05) is 11.2 Å². The lowest BCUT2D eigenvalue weighted by Gasteiger charge is -2.05. The van der Waals surface area contributed by atoms with Crippen LogP contribution in [0.3, 0.4) is 0 Å². The Kier molecular flexibility index (Phi) is 4.30. The number of nitrogens with zero attached hydrogens (tertiary/aromatic N) is 4. The number of ether oxygens (including phenoxy) is 1. The summed E-state index contributed by atoms with van der Waals surface area (Å²) in [6.07, 6.45) is -3.01. The molecular weight excluding hydrogens is 351 g/mol. The first kappa shape index (κ1) is 16.7. The van der Waals surface area contributed by atoms with E-state index in [0.717, 1.165) is 18.5 Å².